The number of hydrazone groups is 1. The largest absolute Gasteiger partial charge is 0.433 e. The molecular formula is C15H8N6O4S. The molecule has 2 aromatic heterocycles. The number of nitrogens with zero attached hydrogens (tertiary/aromatic N) is 5. The van der Waals surface area contributed by atoms with Crippen molar-refractivity contribution in [3.8, 4) is 0 Å². The lowest BCUT2D eigenvalue weighted by Crippen LogP contribution is -2.35. The highest BCUT2D eigenvalue weighted by Crippen LogP contribution is 2.31. The number of nitrogens with one attached hydrogen (secondary N) is 1. The van der Waals surface area contributed by atoms with Crippen LogP contribution >= 0.6 is 11.8 Å². The number of amidine groups is 2. The molecule has 0 unspecified atom stereocenters. The van der Waals surface area contributed by atoms with Gasteiger partial charge < -0.3 is 4.42 Å². The van der Waals surface area contributed by atoms with Crippen molar-refractivity contribution >= 4 is 45.7 Å². The van der Waals surface area contributed by atoms with Crippen LogP contribution in [0.15, 0.2) is 56.7 Å². The van der Waals surface area contributed by atoms with Gasteiger partial charge in [0.25, 0.3) is 5.91 Å². The number of hydrogen-bond donors (Lipinski definition) is 1. The third-order valence-electron chi connectivity index (χ3n) is 3.44. The van der Waals surface area contributed by atoms with E-state index >= 15 is 0 Å². The summed E-state index contributed by atoms with van der Waals surface area (Å²) in [7, 11) is 0. The van der Waals surface area contributed by atoms with Gasteiger partial charge in [0, 0.05) is 18.0 Å². The first-order chi connectivity index (χ1) is 12.5. The van der Waals surface area contributed by atoms with Crippen LogP contribution in [0.1, 0.15) is 11.3 Å². The highest BCUT2D eigenvalue weighted by atomic mass is 32.2. The average Bonchev–Trinajstić information content (AvgIpc) is 3.26. The smallest absolute Gasteiger partial charge is 0.401 e. The van der Waals surface area contributed by atoms with E-state index in [-0.39, 0.29) is 22.3 Å². The number of furan rings is 1. The minimum Gasteiger partial charge on any atom is -0.401 e. The minimum atomic E-state index is -0.687. The normalized spacial score (nSPS) is 18.0. The Hall–Kier alpha value is -3.60. The Labute approximate surface area is 149 Å². The van der Waals surface area contributed by atoms with Gasteiger partial charge in [-0.05, 0) is 36.0 Å². The quantitative estimate of drug-likeness (QED) is 0.498. The fourth-order valence-electron chi connectivity index (χ4n) is 2.26. The molecule has 2 aliphatic heterocycles. The van der Waals surface area contributed by atoms with E-state index in [0.29, 0.717) is 5.04 Å². The molecule has 1 amide bonds. The summed E-state index contributed by atoms with van der Waals surface area (Å²) < 4.78 is 5.01. The van der Waals surface area contributed by atoms with E-state index in [1.54, 1.807) is 18.5 Å². The molecule has 2 aliphatic rings. The number of amides is 1. The summed E-state index contributed by atoms with van der Waals surface area (Å²) >= 11 is 1.16. The molecule has 4 heterocycles. The van der Waals surface area contributed by atoms with E-state index in [1.165, 1.54) is 23.2 Å². The van der Waals surface area contributed by atoms with Crippen LogP contribution in [0, 0.1) is 15.5 Å². The zero-order valence-corrected chi connectivity index (χ0v) is 13.6. The standard InChI is InChI=1S/C15H8N6O4S/c16-12-10(6-9-3-4-11(25-9)21(23)24)13(22)18-15-20(12)19-14(26-15)8-2-1-5-17-7-8/h1-7,16H. The molecule has 0 bridgehead atoms. The Morgan fingerprint density at radius 2 is 2.19 bits per heavy atom. The molecule has 11 heteroatoms. The van der Waals surface area contributed by atoms with Crippen molar-refractivity contribution in [3.05, 3.63) is 63.7 Å². The topological polar surface area (TPSA) is 138 Å². The van der Waals surface area contributed by atoms with E-state index in [2.05, 4.69) is 15.1 Å². The van der Waals surface area contributed by atoms with Crippen molar-refractivity contribution < 1.29 is 14.1 Å². The summed E-state index contributed by atoms with van der Waals surface area (Å²) in [5, 5.41) is 25.3. The van der Waals surface area contributed by atoms with Gasteiger partial charge in [-0.15, -0.1) is 0 Å². The zero-order valence-electron chi connectivity index (χ0n) is 12.8. The minimum absolute atomic E-state index is 0.0743. The molecule has 1 N–H and O–H groups in total. The summed E-state index contributed by atoms with van der Waals surface area (Å²) in [5.41, 5.74) is 0.664. The van der Waals surface area contributed by atoms with E-state index in [9.17, 15) is 14.9 Å². The predicted octanol–water partition coefficient (Wildman–Crippen LogP) is 2.25. The average molecular weight is 368 g/mol. The molecule has 2 aromatic rings. The summed E-state index contributed by atoms with van der Waals surface area (Å²) in [4.78, 5) is 30.2. The first-order valence-corrected chi connectivity index (χ1v) is 7.99. The van der Waals surface area contributed by atoms with Crippen LogP contribution in [0.2, 0.25) is 0 Å². The van der Waals surface area contributed by atoms with Gasteiger partial charge in [0.2, 0.25) is 5.17 Å². The number of aromatic nitrogens is 1. The number of hydrogen-bond acceptors (Lipinski definition) is 8. The Balaban J connectivity index is 1.68. The number of pyridine rings is 1. The monoisotopic (exact) mass is 368 g/mol. The summed E-state index contributed by atoms with van der Waals surface area (Å²) in [6.07, 6.45) is 4.48. The van der Waals surface area contributed by atoms with Crippen molar-refractivity contribution in [2.45, 2.75) is 0 Å². The molecule has 4 rings (SSSR count). The maximum atomic E-state index is 12.3. The van der Waals surface area contributed by atoms with Crippen LogP contribution in [0.3, 0.4) is 0 Å². The zero-order chi connectivity index (χ0) is 18.3. The molecule has 0 aromatic carbocycles. The van der Waals surface area contributed by atoms with Crippen LogP contribution in [0.5, 0.6) is 0 Å². The second-order valence-electron chi connectivity index (χ2n) is 5.10. The Morgan fingerprint density at radius 3 is 2.88 bits per heavy atom. The number of thioether (sulfide) groups is 1. The number of carbonyl (C=O) groups excluding carboxylic acids is 1. The summed E-state index contributed by atoms with van der Waals surface area (Å²) in [6, 6.07) is 6.07. The molecule has 26 heavy (non-hydrogen) atoms. The third-order valence-corrected chi connectivity index (χ3v) is 4.40. The lowest BCUT2D eigenvalue weighted by molar-refractivity contribution is -0.402. The van der Waals surface area contributed by atoms with Gasteiger partial charge in [-0.3, -0.25) is 25.3 Å². The second kappa shape index (κ2) is 6.04. The van der Waals surface area contributed by atoms with Gasteiger partial charge in [0.05, 0.1) is 11.6 Å². The fraction of sp³-hybridized carbons (Fsp3) is 0. The maximum Gasteiger partial charge on any atom is 0.433 e. The van der Waals surface area contributed by atoms with E-state index in [0.717, 1.165) is 17.3 Å². The number of aliphatic imine (C=N–C) groups is 1. The van der Waals surface area contributed by atoms with Crippen LogP contribution in [-0.4, -0.2) is 36.9 Å². The SMILES string of the molecule is N=C1C(=Cc2ccc([N+](=O)[O-])o2)C(=O)N=C2SC(c3cccnc3)=NN12. The molecule has 10 nitrogen and oxygen atoms in total. The molecule has 0 fully saturated rings. The van der Waals surface area contributed by atoms with Gasteiger partial charge in [-0.2, -0.15) is 15.1 Å². The molecule has 0 saturated carbocycles. The lowest BCUT2D eigenvalue weighted by Gasteiger charge is -2.19. The van der Waals surface area contributed by atoms with Gasteiger partial charge in [-0.25, -0.2) is 0 Å². The molecule has 0 saturated heterocycles. The predicted molar refractivity (Wildman–Crippen MR) is 93.7 cm³/mol. The van der Waals surface area contributed by atoms with E-state index in [4.69, 9.17) is 9.83 Å². The van der Waals surface area contributed by atoms with Gasteiger partial charge in [0.15, 0.2) is 5.84 Å². The first-order valence-electron chi connectivity index (χ1n) is 7.18. The molecule has 0 atom stereocenters. The lowest BCUT2D eigenvalue weighted by atomic mass is 10.1. The number of rotatable bonds is 3. The van der Waals surface area contributed by atoms with Crippen LogP contribution in [-0.2, 0) is 4.79 Å². The Bertz CT molecular complexity index is 1040. The van der Waals surface area contributed by atoms with Gasteiger partial charge in [-0.1, -0.05) is 0 Å². The van der Waals surface area contributed by atoms with E-state index in [1.807, 2.05) is 6.07 Å². The van der Waals surface area contributed by atoms with Crippen LogP contribution < -0.4 is 0 Å². The third kappa shape index (κ3) is 2.69. The second-order valence-corrected chi connectivity index (χ2v) is 6.06. The maximum absolute atomic E-state index is 12.3. The summed E-state index contributed by atoms with van der Waals surface area (Å²) in [6.45, 7) is 0. The molecular weight excluding hydrogens is 360 g/mol. The highest BCUT2D eigenvalue weighted by Gasteiger charge is 2.36. The Kier molecular flexibility index (Phi) is 3.69. The molecule has 0 spiro atoms. The number of carbonyl (C=O) groups is 1. The fourth-order valence-corrected chi connectivity index (χ4v) is 3.14. The molecule has 128 valence electrons. The number of nitro groups is 1. The van der Waals surface area contributed by atoms with Gasteiger partial charge >= 0.3 is 5.88 Å². The van der Waals surface area contributed by atoms with Gasteiger partial charge in [0.1, 0.15) is 15.7 Å². The highest BCUT2D eigenvalue weighted by molar-refractivity contribution is 8.27. The number of fused-ring (bicyclic) bond motifs is 1. The summed E-state index contributed by atoms with van der Waals surface area (Å²) in [5.74, 6) is -1.21. The Morgan fingerprint density at radius 1 is 1.35 bits per heavy atom. The van der Waals surface area contributed by atoms with Crippen molar-refractivity contribution in [1.29, 1.82) is 5.41 Å². The molecule has 0 radical (unpaired) electrons. The van der Waals surface area contributed by atoms with Crippen molar-refractivity contribution in [1.82, 2.24) is 9.99 Å². The van der Waals surface area contributed by atoms with Crippen LogP contribution in [0.25, 0.3) is 6.08 Å². The van der Waals surface area contributed by atoms with Crippen molar-refractivity contribution in [2.24, 2.45) is 10.1 Å². The van der Waals surface area contributed by atoms with Crippen molar-refractivity contribution in [3.63, 3.8) is 0 Å². The first kappa shape index (κ1) is 15.9. The van der Waals surface area contributed by atoms with E-state index < -0.39 is 16.7 Å². The van der Waals surface area contributed by atoms with Crippen LogP contribution in [0.4, 0.5) is 5.88 Å². The van der Waals surface area contributed by atoms with Crippen molar-refractivity contribution in [2.75, 3.05) is 0 Å². The molecule has 0 aliphatic carbocycles.